The zero-order valence-electron chi connectivity index (χ0n) is 14.7. The van der Waals surface area contributed by atoms with Crippen molar-refractivity contribution in [3.63, 3.8) is 0 Å². The van der Waals surface area contributed by atoms with Crippen LogP contribution in [0.3, 0.4) is 0 Å². The van der Waals surface area contributed by atoms with Gasteiger partial charge in [-0.3, -0.25) is 4.79 Å². The van der Waals surface area contributed by atoms with Crippen LogP contribution in [0.2, 0.25) is 0 Å². The normalized spacial score (nSPS) is 11.0. The fourth-order valence-electron chi connectivity index (χ4n) is 2.05. The van der Waals surface area contributed by atoms with Crippen molar-refractivity contribution in [2.75, 3.05) is 26.3 Å². The molecule has 1 aromatic carbocycles. The molecule has 0 heterocycles. The topological polar surface area (TPSA) is 74.1 Å². The number of hydrogen-bond acceptors (Lipinski definition) is 4. The van der Waals surface area contributed by atoms with E-state index in [-0.39, 0.29) is 11.5 Å². The lowest BCUT2D eigenvalue weighted by Crippen LogP contribution is -2.27. The highest BCUT2D eigenvalue weighted by atomic mass is 79.9. The number of benzene rings is 1. The number of nitrogens with zero attached hydrogens (tertiary/aromatic N) is 1. The van der Waals surface area contributed by atoms with Gasteiger partial charge in [-0.25, -0.2) is 0 Å². The Hall–Kier alpha value is -1.84. The number of rotatable bonds is 12. The van der Waals surface area contributed by atoms with E-state index >= 15 is 0 Å². The van der Waals surface area contributed by atoms with Crippen LogP contribution in [0.25, 0.3) is 0 Å². The van der Waals surface area contributed by atoms with Crippen LogP contribution in [0, 0.1) is 11.3 Å². The summed E-state index contributed by atoms with van der Waals surface area (Å²) in [6.45, 7) is 4.64. The Bertz CT molecular complexity index is 597. The summed E-state index contributed by atoms with van der Waals surface area (Å²) in [4.78, 5) is 11.9. The molecule has 0 atom stereocenters. The summed E-state index contributed by atoms with van der Waals surface area (Å²) in [5, 5.41) is 14.9. The largest absolute Gasteiger partial charge is 0.389 e. The van der Waals surface area contributed by atoms with E-state index in [0.29, 0.717) is 19.7 Å². The first-order valence-corrected chi connectivity index (χ1v) is 9.41. The van der Waals surface area contributed by atoms with Crippen LogP contribution >= 0.6 is 15.9 Å². The number of amides is 1. The summed E-state index contributed by atoms with van der Waals surface area (Å²) in [7, 11) is 0. The second-order valence-electron chi connectivity index (χ2n) is 5.54. The molecule has 0 fully saturated rings. The van der Waals surface area contributed by atoms with Gasteiger partial charge in [-0.05, 0) is 30.9 Å². The Morgan fingerprint density at radius 2 is 2.04 bits per heavy atom. The Balaban J connectivity index is 2.25. The van der Waals surface area contributed by atoms with Crippen molar-refractivity contribution < 1.29 is 9.53 Å². The van der Waals surface area contributed by atoms with Crippen molar-refractivity contribution in [1.82, 2.24) is 10.6 Å². The van der Waals surface area contributed by atoms with Crippen LogP contribution < -0.4 is 10.6 Å². The third-order valence-corrected chi connectivity index (χ3v) is 4.27. The van der Waals surface area contributed by atoms with E-state index in [2.05, 4.69) is 33.5 Å². The monoisotopic (exact) mass is 407 g/mol. The summed E-state index contributed by atoms with van der Waals surface area (Å²) in [6.07, 6.45) is 5.18. The van der Waals surface area contributed by atoms with Gasteiger partial charge in [0.2, 0.25) is 0 Å². The molecule has 6 heteroatoms. The Morgan fingerprint density at radius 3 is 2.76 bits per heavy atom. The number of nitriles is 1. The van der Waals surface area contributed by atoms with Crippen molar-refractivity contribution in [1.29, 1.82) is 5.26 Å². The average Bonchev–Trinajstić information content (AvgIpc) is 2.62. The third-order valence-electron chi connectivity index (χ3n) is 3.50. The summed E-state index contributed by atoms with van der Waals surface area (Å²) in [5.41, 5.74) is 1.26. The van der Waals surface area contributed by atoms with E-state index < -0.39 is 0 Å². The van der Waals surface area contributed by atoms with Gasteiger partial charge >= 0.3 is 0 Å². The standard InChI is InChI=1S/C19H26BrN3O2/c1-2-3-12-25-13-6-10-23-19(24)17(14-21)15-22-11-9-16-7-4-5-8-18(16)20/h4-5,7-8,15,22H,2-3,6,9-13H2,1H3,(H,23,24)/b17-15-. The van der Waals surface area contributed by atoms with Gasteiger partial charge in [0.25, 0.3) is 5.91 Å². The predicted octanol–water partition coefficient (Wildman–Crippen LogP) is 3.31. The second kappa shape index (κ2) is 13.5. The first-order valence-electron chi connectivity index (χ1n) is 8.62. The molecule has 0 spiro atoms. The van der Waals surface area contributed by atoms with Gasteiger partial charge in [-0.2, -0.15) is 5.26 Å². The van der Waals surface area contributed by atoms with Crippen LogP contribution in [0.4, 0.5) is 0 Å². The SMILES string of the molecule is CCCCOCCCNC(=O)/C(C#N)=C\NCCc1ccccc1Br. The van der Waals surface area contributed by atoms with Gasteiger partial charge in [0.05, 0.1) is 0 Å². The molecule has 25 heavy (non-hydrogen) atoms. The number of carbonyl (C=O) groups excluding carboxylic acids is 1. The molecular formula is C19H26BrN3O2. The van der Waals surface area contributed by atoms with E-state index in [4.69, 9.17) is 10.00 Å². The van der Waals surface area contributed by atoms with Crippen LogP contribution in [-0.4, -0.2) is 32.2 Å². The molecule has 2 N–H and O–H groups in total. The van der Waals surface area contributed by atoms with Gasteiger partial charge in [-0.15, -0.1) is 0 Å². The smallest absolute Gasteiger partial charge is 0.263 e. The minimum atomic E-state index is -0.357. The minimum absolute atomic E-state index is 0.0824. The number of halogens is 1. The zero-order valence-corrected chi connectivity index (χ0v) is 16.3. The highest BCUT2D eigenvalue weighted by molar-refractivity contribution is 9.10. The van der Waals surface area contributed by atoms with Crippen molar-refractivity contribution in [3.05, 3.63) is 46.1 Å². The summed E-state index contributed by atoms with van der Waals surface area (Å²) >= 11 is 3.50. The number of hydrogen-bond donors (Lipinski definition) is 2. The van der Waals surface area contributed by atoms with Gasteiger partial charge in [0.15, 0.2) is 0 Å². The first kappa shape index (κ1) is 21.2. The van der Waals surface area contributed by atoms with Crippen molar-refractivity contribution in [2.24, 2.45) is 0 Å². The van der Waals surface area contributed by atoms with Gasteiger partial charge in [0, 0.05) is 37.0 Å². The molecule has 0 aliphatic carbocycles. The van der Waals surface area contributed by atoms with E-state index in [1.807, 2.05) is 30.3 Å². The van der Waals surface area contributed by atoms with Gasteiger partial charge in [0.1, 0.15) is 11.6 Å². The van der Waals surface area contributed by atoms with E-state index in [0.717, 1.165) is 36.8 Å². The Kier molecular flexibility index (Phi) is 11.4. The van der Waals surface area contributed by atoms with Gasteiger partial charge < -0.3 is 15.4 Å². The van der Waals surface area contributed by atoms with Gasteiger partial charge in [-0.1, -0.05) is 47.5 Å². The van der Waals surface area contributed by atoms with E-state index in [1.165, 1.54) is 11.8 Å². The van der Waals surface area contributed by atoms with E-state index in [1.54, 1.807) is 0 Å². The molecule has 0 saturated carbocycles. The maximum atomic E-state index is 11.9. The fraction of sp³-hybridized carbons (Fsp3) is 0.474. The molecule has 1 rings (SSSR count). The lowest BCUT2D eigenvalue weighted by Gasteiger charge is -2.07. The molecule has 0 bridgehead atoms. The first-order chi connectivity index (χ1) is 12.2. The zero-order chi connectivity index (χ0) is 18.3. The molecule has 0 aliphatic rings. The van der Waals surface area contributed by atoms with E-state index in [9.17, 15) is 4.79 Å². The lowest BCUT2D eigenvalue weighted by atomic mass is 10.1. The molecule has 5 nitrogen and oxygen atoms in total. The lowest BCUT2D eigenvalue weighted by molar-refractivity contribution is -0.117. The minimum Gasteiger partial charge on any atom is -0.389 e. The molecule has 1 amide bonds. The molecule has 0 saturated heterocycles. The van der Waals surface area contributed by atoms with Crippen molar-refractivity contribution >= 4 is 21.8 Å². The Morgan fingerprint density at radius 1 is 1.28 bits per heavy atom. The number of ether oxygens (including phenoxy) is 1. The highest BCUT2D eigenvalue weighted by Crippen LogP contribution is 2.15. The second-order valence-corrected chi connectivity index (χ2v) is 6.40. The quantitative estimate of drug-likeness (QED) is 0.316. The molecule has 0 unspecified atom stereocenters. The van der Waals surface area contributed by atoms with Crippen LogP contribution in [0.15, 0.2) is 40.5 Å². The molecule has 0 aliphatic heterocycles. The van der Waals surface area contributed by atoms with Crippen LogP contribution in [0.5, 0.6) is 0 Å². The summed E-state index contributed by atoms with van der Waals surface area (Å²) < 4.78 is 6.48. The predicted molar refractivity (Wildman–Crippen MR) is 103 cm³/mol. The summed E-state index contributed by atoms with van der Waals surface area (Å²) in [5.74, 6) is -0.357. The average molecular weight is 408 g/mol. The molecule has 0 radical (unpaired) electrons. The number of nitrogens with one attached hydrogen (secondary N) is 2. The number of unbranched alkanes of at least 4 members (excludes halogenated alkanes) is 1. The van der Waals surface area contributed by atoms with Crippen molar-refractivity contribution in [3.8, 4) is 6.07 Å². The number of carbonyl (C=O) groups is 1. The Labute approximate surface area is 158 Å². The fourth-order valence-corrected chi connectivity index (χ4v) is 2.53. The third kappa shape index (κ3) is 9.28. The molecule has 0 aromatic heterocycles. The maximum absolute atomic E-state index is 11.9. The highest BCUT2D eigenvalue weighted by Gasteiger charge is 2.07. The molecule has 136 valence electrons. The molecular weight excluding hydrogens is 382 g/mol. The van der Waals surface area contributed by atoms with Crippen molar-refractivity contribution in [2.45, 2.75) is 32.6 Å². The van der Waals surface area contributed by atoms with Crippen LogP contribution in [0.1, 0.15) is 31.7 Å². The van der Waals surface area contributed by atoms with Crippen LogP contribution in [-0.2, 0) is 16.0 Å². The molecule has 1 aromatic rings. The maximum Gasteiger partial charge on any atom is 0.263 e. The summed E-state index contributed by atoms with van der Waals surface area (Å²) in [6, 6.07) is 9.90.